The second-order valence-electron chi connectivity index (χ2n) is 6.90. The van der Waals surface area contributed by atoms with Crippen molar-refractivity contribution in [3.8, 4) is 0 Å². The third-order valence-electron chi connectivity index (χ3n) is 5.50. The van der Waals surface area contributed by atoms with Crippen LogP contribution >= 0.6 is 7.26 Å². The molecule has 0 amide bonds. The first kappa shape index (κ1) is 25.4. The Morgan fingerprint density at radius 3 is 1.09 bits per heavy atom. The predicted molar refractivity (Wildman–Crippen MR) is 104 cm³/mol. The average molecular weight is 442 g/mol. The third-order valence-corrected chi connectivity index (χ3v) is 10.8. The molecule has 0 saturated carbocycles. The molecule has 0 aliphatic heterocycles. The zero-order chi connectivity index (χ0) is 15.8. The molecular formula is C20H44IP. The maximum Gasteiger partial charge on any atom is 0.0594 e. The molecule has 0 radical (unpaired) electrons. The highest BCUT2D eigenvalue weighted by atomic mass is 127. The van der Waals surface area contributed by atoms with Crippen LogP contribution in [0.15, 0.2) is 0 Å². The van der Waals surface area contributed by atoms with E-state index in [1.807, 2.05) is 0 Å². The summed E-state index contributed by atoms with van der Waals surface area (Å²) >= 11 is 0. The van der Waals surface area contributed by atoms with E-state index in [2.05, 4.69) is 27.7 Å². The fourth-order valence-electron chi connectivity index (χ4n) is 3.43. The number of rotatable bonds is 16. The van der Waals surface area contributed by atoms with Crippen molar-refractivity contribution in [1.29, 1.82) is 0 Å². The lowest BCUT2D eigenvalue weighted by Crippen LogP contribution is -3.00. The van der Waals surface area contributed by atoms with Crippen LogP contribution in [0.5, 0.6) is 0 Å². The number of halogens is 1. The van der Waals surface area contributed by atoms with Gasteiger partial charge in [0.1, 0.15) is 0 Å². The Balaban J connectivity index is 0. The van der Waals surface area contributed by atoms with E-state index in [1.54, 1.807) is 6.16 Å². The second kappa shape index (κ2) is 18.5. The van der Waals surface area contributed by atoms with Crippen LogP contribution in [0, 0.1) is 0 Å². The van der Waals surface area contributed by atoms with Crippen LogP contribution in [0.2, 0.25) is 0 Å². The molecule has 0 aliphatic rings. The molecule has 2 heteroatoms. The zero-order valence-corrected chi connectivity index (χ0v) is 19.2. The molecule has 0 fully saturated rings. The summed E-state index contributed by atoms with van der Waals surface area (Å²) in [5.74, 6) is 0. The van der Waals surface area contributed by atoms with Gasteiger partial charge in [0.25, 0.3) is 0 Å². The topological polar surface area (TPSA) is 0 Å². The minimum Gasteiger partial charge on any atom is -1.00 e. The summed E-state index contributed by atoms with van der Waals surface area (Å²) in [5.41, 5.74) is 0. The minimum absolute atomic E-state index is 0. The molecule has 0 aliphatic carbocycles. The van der Waals surface area contributed by atoms with Gasteiger partial charge in [-0.05, 0) is 33.6 Å². The van der Waals surface area contributed by atoms with E-state index >= 15 is 0 Å². The molecule has 0 bridgehead atoms. The van der Waals surface area contributed by atoms with Gasteiger partial charge in [-0.3, -0.25) is 0 Å². The maximum atomic E-state index is 2.43. The van der Waals surface area contributed by atoms with Gasteiger partial charge in [-0.15, -0.1) is 0 Å². The summed E-state index contributed by atoms with van der Waals surface area (Å²) in [6, 6.07) is 0. The van der Waals surface area contributed by atoms with Crippen LogP contribution in [0.3, 0.4) is 0 Å². The Labute approximate surface area is 160 Å². The highest BCUT2D eigenvalue weighted by Gasteiger charge is 2.29. The molecule has 0 heterocycles. The lowest BCUT2D eigenvalue weighted by atomic mass is 10.1. The highest BCUT2D eigenvalue weighted by Crippen LogP contribution is 2.58. The van der Waals surface area contributed by atoms with Crippen molar-refractivity contribution in [1.82, 2.24) is 0 Å². The summed E-state index contributed by atoms with van der Waals surface area (Å²) in [5, 5.41) is 0. The number of hydrogen-bond acceptors (Lipinski definition) is 0. The van der Waals surface area contributed by atoms with Crippen LogP contribution in [0.1, 0.15) is 105 Å². The van der Waals surface area contributed by atoms with Gasteiger partial charge in [0.15, 0.2) is 0 Å². The molecule has 136 valence electrons. The SMILES string of the molecule is CCCCCCCCCCCCCC[P+](CC)(CC)CC.[I-]. The van der Waals surface area contributed by atoms with Crippen LogP contribution in [0.25, 0.3) is 0 Å². The molecule has 0 nitrogen and oxygen atoms in total. The van der Waals surface area contributed by atoms with E-state index in [0.29, 0.717) is 0 Å². The van der Waals surface area contributed by atoms with Crippen molar-refractivity contribution < 1.29 is 24.0 Å². The van der Waals surface area contributed by atoms with Crippen LogP contribution in [-0.2, 0) is 0 Å². The molecule has 0 unspecified atom stereocenters. The fraction of sp³-hybridized carbons (Fsp3) is 1.00. The van der Waals surface area contributed by atoms with Gasteiger partial charge in [-0.2, -0.15) is 0 Å². The molecule has 0 spiro atoms. The minimum atomic E-state index is -0.519. The standard InChI is InChI=1S/C20H44P.HI/c1-5-9-10-11-12-13-14-15-16-17-18-19-20-21(6-2,7-3)8-4;/h5-20H2,1-4H3;1H/q+1;/p-1. The summed E-state index contributed by atoms with van der Waals surface area (Å²) in [4.78, 5) is 0. The molecule has 0 N–H and O–H groups in total. The lowest BCUT2D eigenvalue weighted by molar-refractivity contribution is -0.00000487. The first-order valence-electron chi connectivity index (χ1n) is 10.1. The highest BCUT2D eigenvalue weighted by molar-refractivity contribution is 7.75. The zero-order valence-electron chi connectivity index (χ0n) is 16.1. The van der Waals surface area contributed by atoms with Gasteiger partial charge in [-0.25, -0.2) is 0 Å². The Kier molecular flexibility index (Phi) is 21.4. The summed E-state index contributed by atoms with van der Waals surface area (Å²) in [6.45, 7) is 9.59. The molecule has 0 rings (SSSR count). The monoisotopic (exact) mass is 442 g/mol. The van der Waals surface area contributed by atoms with E-state index in [9.17, 15) is 0 Å². The molecule has 0 aromatic carbocycles. The van der Waals surface area contributed by atoms with Crippen molar-refractivity contribution in [2.45, 2.75) is 105 Å². The number of unbranched alkanes of at least 4 members (excludes halogenated alkanes) is 11. The van der Waals surface area contributed by atoms with Crippen LogP contribution in [0.4, 0.5) is 0 Å². The van der Waals surface area contributed by atoms with Gasteiger partial charge in [0, 0.05) is 7.26 Å². The quantitative estimate of drug-likeness (QED) is 0.184. The second-order valence-corrected chi connectivity index (χ2v) is 11.9. The van der Waals surface area contributed by atoms with Gasteiger partial charge < -0.3 is 24.0 Å². The molecular weight excluding hydrogens is 398 g/mol. The first-order chi connectivity index (χ1) is 10.2. The smallest absolute Gasteiger partial charge is 0.0594 e. The Morgan fingerprint density at radius 2 is 0.773 bits per heavy atom. The average Bonchev–Trinajstić information content (AvgIpc) is 2.53. The summed E-state index contributed by atoms with van der Waals surface area (Å²) < 4.78 is 0. The van der Waals surface area contributed by atoms with Gasteiger partial charge >= 0.3 is 0 Å². The molecule has 0 aromatic rings. The summed E-state index contributed by atoms with van der Waals surface area (Å²) in [7, 11) is -0.519. The summed E-state index contributed by atoms with van der Waals surface area (Å²) in [6.07, 6.45) is 23.7. The Morgan fingerprint density at radius 1 is 0.455 bits per heavy atom. The largest absolute Gasteiger partial charge is 1.00 e. The van der Waals surface area contributed by atoms with Crippen molar-refractivity contribution in [3.05, 3.63) is 0 Å². The molecule has 0 saturated heterocycles. The van der Waals surface area contributed by atoms with E-state index in [1.165, 1.54) is 95.5 Å². The normalized spacial score (nSPS) is 11.5. The third kappa shape index (κ3) is 13.6. The molecule has 22 heavy (non-hydrogen) atoms. The van der Waals surface area contributed by atoms with Crippen molar-refractivity contribution in [2.75, 3.05) is 24.6 Å². The van der Waals surface area contributed by atoms with Gasteiger partial charge in [0.05, 0.1) is 24.6 Å². The Bertz CT molecular complexity index is 194. The Hall–Kier alpha value is 1.16. The first-order valence-corrected chi connectivity index (χ1v) is 12.6. The van der Waals surface area contributed by atoms with Crippen LogP contribution in [-0.4, -0.2) is 24.6 Å². The lowest BCUT2D eigenvalue weighted by Gasteiger charge is -2.23. The maximum absolute atomic E-state index is 2.43. The van der Waals surface area contributed by atoms with E-state index < -0.39 is 7.26 Å². The van der Waals surface area contributed by atoms with Gasteiger partial charge in [-0.1, -0.05) is 71.1 Å². The number of hydrogen-bond donors (Lipinski definition) is 0. The molecule has 0 atom stereocenters. The van der Waals surface area contributed by atoms with Gasteiger partial charge in [0.2, 0.25) is 0 Å². The molecule has 0 aromatic heterocycles. The van der Waals surface area contributed by atoms with Crippen molar-refractivity contribution in [2.24, 2.45) is 0 Å². The predicted octanol–water partition coefficient (Wildman–Crippen LogP) is 4.77. The van der Waals surface area contributed by atoms with E-state index in [-0.39, 0.29) is 24.0 Å². The van der Waals surface area contributed by atoms with Crippen molar-refractivity contribution >= 4 is 7.26 Å². The fourth-order valence-corrected chi connectivity index (χ4v) is 6.62. The van der Waals surface area contributed by atoms with E-state index in [4.69, 9.17) is 0 Å². The van der Waals surface area contributed by atoms with Crippen molar-refractivity contribution in [3.63, 3.8) is 0 Å². The van der Waals surface area contributed by atoms with E-state index in [0.717, 1.165) is 0 Å². The van der Waals surface area contributed by atoms with Crippen LogP contribution < -0.4 is 24.0 Å².